The van der Waals surface area contributed by atoms with Crippen LogP contribution in [0.5, 0.6) is 0 Å². The van der Waals surface area contributed by atoms with Gasteiger partial charge in [-0.05, 0) is 25.7 Å². The summed E-state index contributed by atoms with van der Waals surface area (Å²) in [6.45, 7) is 6.30. The van der Waals surface area contributed by atoms with Crippen molar-refractivity contribution in [3.63, 3.8) is 0 Å². The summed E-state index contributed by atoms with van der Waals surface area (Å²) >= 11 is 0. The van der Waals surface area contributed by atoms with E-state index in [0.29, 0.717) is 18.9 Å². The molecule has 0 unspecified atom stereocenters. The Morgan fingerprint density at radius 1 is 1.36 bits per heavy atom. The lowest BCUT2D eigenvalue weighted by Gasteiger charge is -2.23. The molecule has 0 saturated heterocycles. The smallest absolute Gasteiger partial charge is 0.309 e. The first-order valence-corrected chi connectivity index (χ1v) is 5.57. The summed E-state index contributed by atoms with van der Waals surface area (Å²) in [7, 11) is 0. The van der Waals surface area contributed by atoms with Crippen molar-refractivity contribution in [3.8, 4) is 0 Å². The number of ether oxygens (including phenoxy) is 1. The summed E-state index contributed by atoms with van der Waals surface area (Å²) in [5.74, 6) is 0.441. The molecular formula is C12H20O2. The van der Waals surface area contributed by atoms with Crippen LogP contribution < -0.4 is 0 Å². The van der Waals surface area contributed by atoms with Gasteiger partial charge < -0.3 is 4.74 Å². The Morgan fingerprint density at radius 3 is 2.57 bits per heavy atom. The van der Waals surface area contributed by atoms with Crippen LogP contribution in [0.3, 0.4) is 0 Å². The van der Waals surface area contributed by atoms with Crippen LogP contribution >= 0.6 is 0 Å². The van der Waals surface area contributed by atoms with Gasteiger partial charge in [-0.3, -0.25) is 4.79 Å². The molecule has 0 spiro atoms. The van der Waals surface area contributed by atoms with Crippen molar-refractivity contribution in [2.24, 2.45) is 5.92 Å². The largest absolute Gasteiger partial charge is 0.466 e. The molecule has 0 aliphatic heterocycles. The van der Waals surface area contributed by atoms with Crippen molar-refractivity contribution in [3.05, 3.63) is 12.2 Å². The molecule has 0 radical (unpaired) electrons. The van der Waals surface area contributed by atoms with Crippen molar-refractivity contribution in [2.75, 3.05) is 6.61 Å². The molecule has 0 bridgehead atoms. The summed E-state index contributed by atoms with van der Waals surface area (Å²) in [4.78, 5) is 11.2. The molecule has 80 valence electrons. The maximum absolute atomic E-state index is 11.2. The Balaban J connectivity index is 2.29. The molecule has 0 aromatic rings. The van der Waals surface area contributed by atoms with Crippen LogP contribution in [-0.2, 0) is 9.53 Å². The summed E-state index contributed by atoms with van der Waals surface area (Å²) in [5.41, 5.74) is 1.07. The van der Waals surface area contributed by atoms with E-state index in [1.807, 2.05) is 6.92 Å². The Kier molecular flexibility index (Phi) is 4.71. The summed E-state index contributed by atoms with van der Waals surface area (Å²) in [6.07, 6.45) is 6.73. The summed E-state index contributed by atoms with van der Waals surface area (Å²) in [5, 5.41) is 0. The normalized spacial score (nSPS) is 17.8. The minimum atomic E-state index is -0.122. The summed E-state index contributed by atoms with van der Waals surface area (Å²) < 4.78 is 4.90. The maximum atomic E-state index is 11.2. The second-order valence-corrected chi connectivity index (χ2v) is 3.97. The number of rotatable bonds is 4. The standard InChI is InChI=1S/C12H20O2/c1-3-14-12(13)9-10(2)11-7-5-4-6-8-11/h11H,2-9H2,1H3. The molecular weight excluding hydrogens is 176 g/mol. The van der Waals surface area contributed by atoms with Gasteiger partial charge in [0.05, 0.1) is 13.0 Å². The highest BCUT2D eigenvalue weighted by molar-refractivity contribution is 5.72. The van der Waals surface area contributed by atoms with E-state index in [4.69, 9.17) is 4.74 Å². The SMILES string of the molecule is C=C(CC(=O)OCC)C1CCCCC1. The molecule has 0 amide bonds. The van der Waals surface area contributed by atoms with Crippen molar-refractivity contribution in [2.45, 2.75) is 45.4 Å². The average molecular weight is 196 g/mol. The lowest BCUT2D eigenvalue weighted by atomic mass is 9.83. The van der Waals surface area contributed by atoms with Crippen molar-refractivity contribution >= 4 is 5.97 Å². The Hall–Kier alpha value is -0.790. The number of carbonyl (C=O) groups is 1. The van der Waals surface area contributed by atoms with E-state index in [2.05, 4.69) is 6.58 Å². The van der Waals surface area contributed by atoms with Gasteiger partial charge in [0.2, 0.25) is 0 Å². The predicted octanol–water partition coefficient (Wildman–Crippen LogP) is 3.08. The first kappa shape index (κ1) is 11.3. The molecule has 1 aliphatic carbocycles. The quantitative estimate of drug-likeness (QED) is 0.510. The molecule has 1 saturated carbocycles. The highest BCUT2D eigenvalue weighted by atomic mass is 16.5. The number of hydrogen-bond acceptors (Lipinski definition) is 2. The molecule has 0 atom stereocenters. The molecule has 0 N–H and O–H groups in total. The third-order valence-electron chi connectivity index (χ3n) is 2.86. The fraction of sp³-hybridized carbons (Fsp3) is 0.750. The van der Waals surface area contributed by atoms with Gasteiger partial charge in [0, 0.05) is 0 Å². The van der Waals surface area contributed by atoms with Crippen molar-refractivity contribution in [1.82, 2.24) is 0 Å². The van der Waals surface area contributed by atoms with E-state index in [0.717, 1.165) is 5.57 Å². The van der Waals surface area contributed by atoms with E-state index in [1.54, 1.807) is 0 Å². The number of esters is 1. The van der Waals surface area contributed by atoms with Gasteiger partial charge >= 0.3 is 5.97 Å². The monoisotopic (exact) mass is 196 g/mol. The zero-order chi connectivity index (χ0) is 10.4. The Bertz CT molecular complexity index is 202. The molecule has 1 aliphatic rings. The fourth-order valence-corrected chi connectivity index (χ4v) is 2.05. The van der Waals surface area contributed by atoms with E-state index in [9.17, 15) is 4.79 Å². The second kappa shape index (κ2) is 5.84. The van der Waals surface area contributed by atoms with Crippen LogP contribution in [0.1, 0.15) is 45.4 Å². The van der Waals surface area contributed by atoms with Gasteiger partial charge in [-0.25, -0.2) is 0 Å². The maximum Gasteiger partial charge on any atom is 0.309 e. The third kappa shape index (κ3) is 3.52. The molecule has 2 heteroatoms. The third-order valence-corrected chi connectivity index (χ3v) is 2.86. The molecule has 1 rings (SSSR count). The van der Waals surface area contributed by atoms with Gasteiger partial charge in [-0.15, -0.1) is 0 Å². The van der Waals surface area contributed by atoms with Gasteiger partial charge in [0.1, 0.15) is 0 Å². The molecule has 14 heavy (non-hydrogen) atoms. The zero-order valence-corrected chi connectivity index (χ0v) is 9.05. The first-order chi connectivity index (χ1) is 6.74. The van der Waals surface area contributed by atoms with Crippen LogP contribution in [0.25, 0.3) is 0 Å². The van der Waals surface area contributed by atoms with E-state index in [-0.39, 0.29) is 5.97 Å². The van der Waals surface area contributed by atoms with Gasteiger partial charge in [-0.1, -0.05) is 31.4 Å². The second-order valence-electron chi connectivity index (χ2n) is 3.97. The highest BCUT2D eigenvalue weighted by Crippen LogP contribution is 2.30. The fourth-order valence-electron chi connectivity index (χ4n) is 2.05. The van der Waals surface area contributed by atoms with Gasteiger partial charge in [0.15, 0.2) is 0 Å². The van der Waals surface area contributed by atoms with E-state index >= 15 is 0 Å². The topological polar surface area (TPSA) is 26.3 Å². The van der Waals surface area contributed by atoms with Crippen LogP contribution in [0, 0.1) is 5.92 Å². The lowest BCUT2D eigenvalue weighted by Crippen LogP contribution is -2.13. The molecule has 0 aromatic heterocycles. The Morgan fingerprint density at radius 2 is 2.00 bits per heavy atom. The highest BCUT2D eigenvalue weighted by Gasteiger charge is 2.18. The average Bonchev–Trinajstić information content (AvgIpc) is 2.19. The summed E-state index contributed by atoms with van der Waals surface area (Å²) in [6, 6.07) is 0. The molecule has 0 heterocycles. The zero-order valence-electron chi connectivity index (χ0n) is 9.05. The van der Waals surface area contributed by atoms with Gasteiger partial charge in [0.25, 0.3) is 0 Å². The first-order valence-electron chi connectivity index (χ1n) is 5.57. The van der Waals surface area contributed by atoms with E-state index in [1.165, 1.54) is 32.1 Å². The number of carbonyl (C=O) groups excluding carboxylic acids is 1. The van der Waals surface area contributed by atoms with Crippen molar-refractivity contribution < 1.29 is 9.53 Å². The molecule has 1 fully saturated rings. The minimum absolute atomic E-state index is 0.122. The minimum Gasteiger partial charge on any atom is -0.466 e. The van der Waals surface area contributed by atoms with Crippen LogP contribution in [0.2, 0.25) is 0 Å². The predicted molar refractivity (Wildman–Crippen MR) is 57.0 cm³/mol. The van der Waals surface area contributed by atoms with Gasteiger partial charge in [-0.2, -0.15) is 0 Å². The van der Waals surface area contributed by atoms with Crippen LogP contribution in [-0.4, -0.2) is 12.6 Å². The molecule has 0 aromatic carbocycles. The van der Waals surface area contributed by atoms with E-state index < -0.39 is 0 Å². The van der Waals surface area contributed by atoms with Crippen LogP contribution in [0.4, 0.5) is 0 Å². The Labute approximate surface area is 86.3 Å². The number of hydrogen-bond donors (Lipinski definition) is 0. The van der Waals surface area contributed by atoms with Crippen molar-refractivity contribution in [1.29, 1.82) is 0 Å². The lowest BCUT2D eigenvalue weighted by molar-refractivity contribution is -0.142. The molecule has 2 nitrogen and oxygen atoms in total. The van der Waals surface area contributed by atoms with Crippen LogP contribution in [0.15, 0.2) is 12.2 Å².